The Bertz CT molecular complexity index is 1030. The minimum Gasteiger partial charge on any atom is -0.507 e. The maximum absolute atomic E-state index is 13.1. The zero-order chi connectivity index (χ0) is 24.0. The largest absolute Gasteiger partial charge is 0.507 e. The van der Waals surface area contributed by atoms with Crippen LogP contribution in [0.4, 0.5) is 0 Å². The Labute approximate surface area is 194 Å². The van der Waals surface area contributed by atoms with Gasteiger partial charge in [0, 0.05) is 18.7 Å². The standard InChI is InChI=1S/C26H30N2O5/c1-5-17-33-21-11-7-18(8-12-21)23-22(25(30)26(31)28(23)16-15-27(3)4)24(29)19-9-13-20(14-10-19)32-6-2/h5,7-14,23,29H,1,6,15-17H2,2-4H3/t23-/m0/s1. The van der Waals surface area contributed by atoms with Crippen molar-refractivity contribution in [3.63, 3.8) is 0 Å². The van der Waals surface area contributed by atoms with E-state index in [0.29, 0.717) is 48.9 Å². The lowest BCUT2D eigenvalue weighted by Gasteiger charge is -2.26. The number of aliphatic hydroxyl groups is 1. The van der Waals surface area contributed by atoms with Crippen LogP contribution in [0.1, 0.15) is 24.1 Å². The summed E-state index contributed by atoms with van der Waals surface area (Å²) in [5, 5.41) is 11.1. The molecular formula is C26H30N2O5. The molecule has 0 spiro atoms. The number of likely N-dealkylation sites (N-methyl/N-ethyl adjacent to an activating group) is 1. The average molecular weight is 451 g/mol. The van der Waals surface area contributed by atoms with Crippen LogP contribution in [-0.2, 0) is 9.59 Å². The van der Waals surface area contributed by atoms with Gasteiger partial charge in [0.25, 0.3) is 11.7 Å². The van der Waals surface area contributed by atoms with E-state index in [1.165, 1.54) is 4.90 Å². The molecule has 0 bridgehead atoms. The second-order valence-electron chi connectivity index (χ2n) is 7.92. The van der Waals surface area contributed by atoms with Crippen LogP contribution >= 0.6 is 0 Å². The third kappa shape index (κ3) is 5.43. The zero-order valence-electron chi connectivity index (χ0n) is 19.3. The van der Waals surface area contributed by atoms with Crippen LogP contribution < -0.4 is 9.47 Å². The number of hydrogen-bond donors (Lipinski definition) is 1. The van der Waals surface area contributed by atoms with E-state index in [1.807, 2.05) is 38.1 Å². The lowest BCUT2D eigenvalue weighted by molar-refractivity contribution is -0.140. The van der Waals surface area contributed by atoms with Crippen LogP contribution in [-0.4, -0.2) is 67.0 Å². The van der Waals surface area contributed by atoms with Crippen LogP contribution in [0.3, 0.4) is 0 Å². The van der Waals surface area contributed by atoms with Gasteiger partial charge < -0.3 is 24.4 Å². The summed E-state index contributed by atoms with van der Waals surface area (Å²) in [7, 11) is 3.80. The quantitative estimate of drug-likeness (QED) is 0.258. The lowest BCUT2D eigenvalue weighted by Crippen LogP contribution is -2.35. The number of likely N-dealkylation sites (tertiary alicyclic amines) is 1. The maximum Gasteiger partial charge on any atom is 0.295 e. The lowest BCUT2D eigenvalue weighted by atomic mass is 9.95. The molecule has 1 amide bonds. The van der Waals surface area contributed by atoms with Crippen LogP contribution in [0.15, 0.2) is 66.8 Å². The van der Waals surface area contributed by atoms with Crippen molar-refractivity contribution in [3.8, 4) is 11.5 Å². The van der Waals surface area contributed by atoms with Gasteiger partial charge in [-0.3, -0.25) is 9.59 Å². The predicted octanol–water partition coefficient (Wildman–Crippen LogP) is 3.63. The monoisotopic (exact) mass is 450 g/mol. The number of carbonyl (C=O) groups excluding carboxylic acids is 2. The Balaban J connectivity index is 2.05. The molecule has 1 aliphatic heterocycles. The van der Waals surface area contributed by atoms with E-state index in [1.54, 1.807) is 42.5 Å². The second-order valence-corrected chi connectivity index (χ2v) is 7.92. The zero-order valence-corrected chi connectivity index (χ0v) is 19.3. The molecule has 2 aromatic carbocycles. The fourth-order valence-electron chi connectivity index (χ4n) is 3.70. The van der Waals surface area contributed by atoms with E-state index in [2.05, 4.69) is 6.58 Å². The molecule has 0 aliphatic carbocycles. The molecule has 1 heterocycles. The first-order valence-corrected chi connectivity index (χ1v) is 10.9. The number of Topliss-reactive ketones (excluding diaryl/α,β-unsaturated/α-hetero) is 1. The van der Waals surface area contributed by atoms with Crippen molar-refractivity contribution in [3.05, 3.63) is 77.9 Å². The van der Waals surface area contributed by atoms with Crippen molar-refractivity contribution in [2.24, 2.45) is 0 Å². The number of aliphatic hydroxyl groups excluding tert-OH is 1. The molecule has 1 N–H and O–H groups in total. The second kappa shape index (κ2) is 10.8. The molecule has 2 aromatic rings. The van der Waals surface area contributed by atoms with Gasteiger partial charge in [-0.05, 0) is 63.0 Å². The molecule has 1 aliphatic rings. The molecule has 7 heteroatoms. The Morgan fingerprint density at radius 2 is 1.67 bits per heavy atom. The summed E-state index contributed by atoms with van der Waals surface area (Å²) in [5.41, 5.74) is 1.23. The van der Waals surface area contributed by atoms with E-state index in [-0.39, 0.29) is 11.3 Å². The number of benzene rings is 2. The summed E-state index contributed by atoms with van der Waals surface area (Å²) in [6.07, 6.45) is 1.65. The minimum absolute atomic E-state index is 0.0719. The molecule has 7 nitrogen and oxygen atoms in total. The van der Waals surface area contributed by atoms with Crippen LogP contribution in [0.5, 0.6) is 11.5 Å². The van der Waals surface area contributed by atoms with Crippen LogP contribution in [0, 0.1) is 0 Å². The first kappa shape index (κ1) is 24.1. The van der Waals surface area contributed by atoms with E-state index in [9.17, 15) is 14.7 Å². The van der Waals surface area contributed by atoms with Crippen molar-refractivity contribution >= 4 is 17.4 Å². The number of carbonyl (C=O) groups is 2. The van der Waals surface area contributed by atoms with Gasteiger partial charge in [-0.25, -0.2) is 0 Å². The topological polar surface area (TPSA) is 79.3 Å². The van der Waals surface area contributed by atoms with Crippen molar-refractivity contribution in [1.82, 2.24) is 9.80 Å². The summed E-state index contributed by atoms with van der Waals surface area (Å²) in [4.78, 5) is 29.5. The van der Waals surface area contributed by atoms with Crippen molar-refractivity contribution in [1.29, 1.82) is 0 Å². The van der Waals surface area contributed by atoms with Crippen molar-refractivity contribution in [2.75, 3.05) is 40.4 Å². The van der Waals surface area contributed by atoms with E-state index < -0.39 is 17.7 Å². The summed E-state index contributed by atoms with van der Waals surface area (Å²) in [6.45, 7) is 7.34. The first-order chi connectivity index (χ1) is 15.9. The van der Waals surface area contributed by atoms with E-state index in [4.69, 9.17) is 9.47 Å². The van der Waals surface area contributed by atoms with Crippen LogP contribution in [0.25, 0.3) is 5.76 Å². The summed E-state index contributed by atoms with van der Waals surface area (Å²) < 4.78 is 11.0. The number of rotatable bonds is 10. The van der Waals surface area contributed by atoms with Gasteiger partial charge in [0.1, 0.15) is 23.9 Å². The molecule has 3 rings (SSSR count). The molecule has 0 aromatic heterocycles. The third-order valence-corrected chi connectivity index (χ3v) is 5.33. The summed E-state index contributed by atoms with van der Waals surface area (Å²) >= 11 is 0. The molecule has 0 saturated carbocycles. The third-order valence-electron chi connectivity index (χ3n) is 5.33. The van der Waals surface area contributed by atoms with Crippen molar-refractivity contribution < 1.29 is 24.2 Å². The molecule has 1 atom stereocenters. The van der Waals surface area contributed by atoms with Gasteiger partial charge in [0.2, 0.25) is 0 Å². The number of ketones is 1. The first-order valence-electron chi connectivity index (χ1n) is 10.9. The Morgan fingerprint density at radius 3 is 2.24 bits per heavy atom. The van der Waals surface area contributed by atoms with Gasteiger partial charge in [0.15, 0.2) is 0 Å². The van der Waals surface area contributed by atoms with Gasteiger partial charge in [-0.15, -0.1) is 0 Å². The number of amides is 1. The highest BCUT2D eigenvalue weighted by Gasteiger charge is 2.45. The average Bonchev–Trinajstić information content (AvgIpc) is 3.06. The van der Waals surface area contributed by atoms with Gasteiger partial charge in [0.05, 0.1) is 18.2 Å². The number of ether oxygens (including phenoxy) is 2. The number of hydrogen-bond acceptors (Lipinski definition) is 6. The smallest absolute Gasteiger partial charge is 0.295 e. The molecule has 1 saturated heterocycles. The molecular weight excluding hydrogens is 420 g/mol. The van der Waals surface area contributed by atoms with E-state index in [0.717, 1.165) is 0 Å². The Morgan fingerprint density at radius 1 is 1.06 bits per heavy atom. The highest BCUT2D eigenvalue weighted by molar-refractivity contribution is 6.46. The minimum atomic E-state index is -0.704. The summed E-state index contributed by atoms with van der Waals surface area (Å²) in [5.74, 6) is -0.221. The molecule has 0 radical (unpaired) electrons. The number of nitrogens with zero attached hydrogens (tertiary/aromatic N) is 2. The molecule has 33 heavy (non-hydrogen) atoms. The molecule has 1 fully saturated rings. The fraction of sp³-hybridized carbons (Fsp3) is 0.308. The fourth-order valence-corrected chi connectivity index (χ4v) is 3.70. The SMILES string of the molecule is C=CCOc1ccc([C@H]2C(=C(O)c3ccc(OCC)cc3)C(=O)C(=O)N2CCN(C)C)cc1. The predicted molar refractivity (Wildman–Crippen MR) is 127 cm³/mol. The Hall–Kier alpha value is -3.58. The summed E-state index contributed by atoms with van der Waals surface area (Å²) in [6, 6.07) is 13.3. The highest BCUT2D eigenvalue weighted by Crippen LogP contribution is 2.39. The molecule has 174 valence electrons. The van der Waals surface area contributed by atoms with E-state index >= 15 is 0 Å². The van der Waals surface area contributed by atoms with Crippen LogP contribution in [0.2, 0.25) is 0 Å². The van der Waals surface area contributed by atoms with Gasteiger partial charge in [-0.1, -0.05) is 24.8 Å². The highest BCUT2D eigenvalue weighted by atomic mass is 16.5. The van der Waals surface area contributed by atoms with Gasteiger partial charge in [-0.2, -0.15) is 0 Å². The maximum atomic E-state index is 13.1. The normalized spacial score (nSPS) is 17.5. The van der Waals surface area contributed by atoms with Gasteiger partial charge >= 0.3 is 0 Å². The van der Waals surface area contributed by atoms with Crippen molar-refractivity contribution in [2.45, 2.75) is 13.0 Å². The Kier molecular flexibility index (Phi) is 7.90. The molecule has 0 unspecified atom stereocenters.